The number of imidazole rings is 1. The topological polar surface area (TPSA) is 62.0 Å². The fourth-order valence-electron chi connectivity index (χ4n) is 4.66. The third-order valence-electron chi connectivity index (χ3n) is 6.21. The molecule has 32 heavy (non-hydrogen) atoms. The summed E-state index contributed by atoms with van der Waals surface area (Å²) in [6.07, 6.45) is 7.99. The van der Waals surface area contributed by atoms with Gasteiger partial charge in [-0.15, -0.1) is 23.7 Å². The molecule has 0 bridgehead atoms. The Morgan fingerprint density at radius 1 is 1.31 bits per heavy atom. The number of carbonyl (C=O) groups excluding carboxylic acids is 1. The Morgan fingerprint density at radius 3 is 2.97 bits per heavy atom. The van der Waals surface area contributed by atoms with Gasteiger partial charge >= 0.3 is 0 Å². The lowest BCUT2D eigenvalue weighted by molar-refractivity contribution is -0.126. The molecule has 1 fully saturated rings. The Balaban J connectivity index is 0.00000245. The van der Waals surface area contributed by atoms with Crippen LogP contribution in [0.2, 0.25) is 0 Å². The van der Waals surface area contributed by atoms with E-state index in [1.54, 1.807) is 23.6 Å². The number of hydrogen-bond donors (Lipinski definition) is 1. The molecule has 9 heteroatoms. The van der Waals surface area contributed by atoms with Crippen LogP contribution in [0.25, 0.3) is 16.2 Å². The van der Waals surface area contributed by atoms with Crippen molar-refractivity contribution >= 4 is 40.8 Å². The molecule has 1 saturated heterocycles. The van der Waals surface area contributed by atoms with E-state index < -0.39 is 0 Å². The third-order valence-corrected chi connectivity index (χ3v) is 7.35. The lowest BCUT2D eigenvalue weighted by atomic mass is 9.98. The smallest absolute Gasteiger partial charge is 0.244 e. The molecule has 1 unspecified atom stereocenters. The van der Waals surface area contributed by atoms with Crippen LogP contribution < -0.4 is 5.43 Å². The van der Waals surface area contributed by atoms with Crippen LogP contribution in [-0.2, 0) is 17.6 Å². The van der Waals surface area contributed by atoms with Gasteiger partial charge < -0.3 is 4.90 Å². The summed E-state index contributed by atoms with van der Waals surface area (Å²) in [5.41, 5.74) is 6.19. The van der Waals surface area contributed by atoms with Gasteiger partial charge in [-0.2, -0.15) is 5.10 Å². The Morgan fingerprint density at radius 2 is 2.16 bits per heavy atom. The predicted octanol–water partition coefficient (Wildman–Crippen LogP) is 4.29. The van der Waals surface area contributed by atoms with Crippen molar-refractivity contribution in [2.24, 2.45) is 11.0 Å². The summed E-state index contributed by atoms with van der Waals surface area (Å²) in [4.78, 5) is 21.9. The molecule has 0 radical (unpaired) electrons. The largest absolute Gasteiger partial charge is 0.306 e. The summed E-state index contributed by atoms with van der Waals surface area (Å²) in [6, 6.07) is 6.47. The Labute approximate surface area is 196 Å². The molecule has 2 aromatic heterocycles. The standard InChI is InChI=1S/C23H26FN5OS.ClH/c1-28-11-5-7-16(14-28)22(30)27-25-13-19-21(15-6-4-8-17(24)12-15)26-23-29(19)18-9-2-3-10-20(18)31-23;/h4,6,8,12-13,16H,2-3,5,7,9-11,14H2,1H3,(H,27,30);1H/b25-13+;. The van der Waals surface area contributed by atoms with Gasteiger partial charge in [0.25, 0.3) is 0 Å². The molecule has 0 saturated carbocycles. The van der Waals surface area contributed by atoms with Crippen LogP contribution in [0.1, 0.15) is 41.9 Å². The zero-order valence-corrected chi connectivity index (χ0v) is 19.6. The summed E-state index contributed by atoms with van der Waals surface area (Å²) < 4.78 is 16.1. The van der Waals surface area contributed by atoms with Gasteiger partial charge in [-0.05, 0) is 64.3 Å². The van der Waals surface area contributed by atoms with Crippen LogP contribution in [0.5, 0.6) is 0 Å². The van der Waals surface area contributed by atoms with E-state index in [2.05, 4.69) is 19.8 Å². The molecular weight excluding hydrogens is 449 g/mol. The molecule has 170 valence electrons. The molecule has 0 spiro atoms. The van der Waals surface area contributed by atoms with Crippen molar-refractivity contribution < 1.29 is 9.18 Å². The third kappa shape index (κ3) is 4.44. The molecule has 1 aromatic carbocycles. The van der Waals surface area contributed by atoms with Crippen molar-refractivity contribution in [3.8, 4) is 11.3 Å². The number of nitrogens with one attached hydrogen (secondary N) is 1. The molecule has 5 rings (SSSR count). The number of aromatic nitrogens is 2. The molecule has 2 aliphatic rings. The number of amides is 1. The number of benzene rings is 1. The average Bonchev–Trinajstić information content (AvgIpc) is 3.30. The number of fused-ring (bicyclic) bond motifs is 3. The van der Waals surface area contributed by atoms with E-state index in [1.165, 1.54) is 29.1 Å². The minimum atomic E-state index is -0.298. The number of likely N-dealkylation sites (tertiary alicyclic amines) is 1. The maximum Gasteiger partial charge on any atom is 0.244 e. The number of hydrogen-bond acceptors (Lipinski definition) is 5. The van der Waals surface area contributed by atoms with E-state index in [-0.39, 0.29) is 30.0 Å². The van der Waals surface area contributed by atoms with Crippen LogP contribution >= 0.6 is 23.7 Å². The van der Waals surface area contributed by atoms with Gasteiger partial charge in [-0.3, -0.25) is 9.20 Å². The van der Waals surface area contributed by atoms with Gasteiger partial charge in [-0.25, -0.2) is 14.8 Å². The number of hydrazone groups is 1. The number of piperidine rings is 1. The highest BCUT2D eigenvalue weighted by atomic mass is 35.5. The monoisotopic (exact) mass is 475 g/mol. The number of rotatable bonds is 4. The van der Waals surface area contributed by atoms with E-state index in [0.717, 1.165) is 55.8 Å². The second kappa shape index (κ2) is 9.68. The maximum absolute atomic E-state index is 13.9. The van der Waals surface area contributed by atoms with Crippen molar-refractivity contribution in [1.29, 1.82) is 0 Å². The van der Waals surface area contributed by atoms with Crippen LogP contribution in [0.15, 0.2) is 29.4 Å². The Bertz CT molecular complexity index is 1160. The lowest BCUT2D eigenvalue weighted by Gasteiger charge is -2.28. The molecule has 1 aliphatic carbocycles. The van der Waals surface area contributed by atoms with E-state index in [0.29, 0.717) is 11.3 Å². The predicted molar refractivity (Wildman–Crippen MR) is 128 cm³/mol. The number of aryl methyl sites for hydroxylation is 2. The van der Waals surface area contributed by atoms with Crippen molar-refractivity contribution in [2.75, 3.05) is 20.1 Å². The number of carbonyl (C=O) groups is 1. The van der Waals surface area contributed by atoms with E-state index in [9.17, 15) is 9.18 Å². The number of halogens is 2. The summed E-state index contributed by atoms with van der Waals surface area (Å²) >= 11 is 1.70. The highest BCUT2D eigenvalue weighted by molar-refractivity contribution is 7.17. The van der Waals surface area contributed by atoms with E-state index in [4.69, 9.17) is 4.98 Å². The second-order valence-corrected chi connectivity index (χ2v) is 9.55. The Hall–Kier alpha value is -2.29. The quantitative estimate of drug-likeness (QED) is 0.452. The summed E-state index contributed by atoms with van der Waals surface area (Å²) in [6.45, 7) is 1.78. The normalized spacial score (nSPS) is 19.1. The van der Waals surface area contributed by atoms with Crippen molar-refractivity contribution in [3.05, 3.63) is 46.3 Å². The molecular formula is C23H27ClFN5OS. The highest BCUT2D eigenvalue weighted by Crippen LogP contribution is 2.34. The van der Waals surface area contributed by atoms with Crippen molar-refractivity contribution in [3.63, 3.8) is 0 Å². The van der Waals surface area contributed by atoms with Gasteiger partial charge in [0.1, 0.15) is 5.82 Å². The number of thiazole rings is 1. The maximum atomic E-state index is 13.9. The van der Waals surface area contributed by atoms with Gasteiger partial charge in [0.15, 0.2) is 4.96 Å². The van der Waals surface area contributed by atoms with Crippen molar-refractivity contribution in [2.45, 2.75) is 38.5 Å². The SMILES string of the molecule is CN1CCCC(C(=O)N/N=C/c2c(-c3cccc(F)c3)nc3sc4c(n23)CCCC4)C1.Cl. The van der Waals surface area contributed by atoms with Crippen molar-refractivity contribution in [1.82, 2.24) is 19.7 Å². The molecule has 1 amide bonds. The molecule has 3 aromatic rings. The zero-order valence-electron chi connectivity index (χ0n) is 18.0. The molecule has 1 N–H and O–H groups in total. The molecule has 3 heterocycles. The Kier molecular flexibility index (Phi) is 6.93. The van der Waals surface area contributed by atoms with Gasteiger partial charge in [0, 0.05) is 22.7 Å². The minimum absolute atomic E-state index is 0. The second-order valence-electron chi connectivity index (χ2n) is 8.49. The summed E-state index contributed by atoms with van der Waals surface area (Å²) in [7, 11) is 2.04. The van der Waals surface area contributed by atoms with Crippen LogP contribution in [-0.4, -0.2) is 46.5 Å². The molecule has 1 aliphatic heterocycles. The van der Waals surface area contributed by atoms with Gasteiger partial charge in [0.05, 0.1) is 23.5 Å². The number of nitrogens with zero attached hydrogens (tertiary/aromatic N) is 4. The first-order valence-corrected chi connectivity index (χ1v) is 11.7. The van der Waals surface area contributed by atoms with E-state index >= 15 is 0 Å². The lowest BCUT2D eigenvalue weighted by Crippen LogP contribution is -2.40. The molecule has 6 nitrogen and oxygen atoms in total. The van der Waals surface area contributed by atoms with Gasteiger partial charge in [-0.1, -0.05) is 12.1 Å². The first-order valence-electron chi connectivity index (χ1n) is 10.9. The van der Waals surface area contributed by atoms with Gasteiger partial charge in [0.2, 0.25) is 5.91 Å². The summed E-state index contributed by atoms with van der Waals surface area (Å²) in [5, 5.41) is 4.31. The van der Waals surface area contributed by atoms with E-state index in [1.807, 2.05) is 13.1 Å². The zero-order chi connectivity index (χ0) is 21.4. The molecule has 1 atom stereocenters. The van der Waals surface area contributed by atoms with Crippen LogP contribution in [0.4, 0.5) is 4.39 Å². The van der Waals surface area contributed by atoms with Crippen LogP contribution in [0.3, 0.4) is 0 Å². The minimum Gasteiger partial charge on any atom is -0.306 e. The fourth-order valence-corrected chi connectivity index (χ4v) is 5.87. The first-order chi connectivity index (χ1) is 15.1. The summed E-state index contributed by atoms with van der Waals surface area (Å²) in [5.74, 6) is -0.394. The average molecular weight is 476 g/mol. The fraction of sp³-hybridized carbons (Fsp3) is 0.435. The first kappa shape index (κ1) is 22.9. The van der Waals surface area contributed by atoms with Crippen LogP contribution in [0, 0.1) is 11.7 Å². The highest BCUT2D eigenvalue weighted by Gasteiger charge is 2.25.